The number of nitrogens with two attached hydrogens (primary N) is 1. The van der Waals surface area contributed by atoms with Crippen molar-refractivity contribution in [3.8, 4) is 0 Å². The molecule has 0 saturated carbocycles. The average Bonchev–Trinajstić information content (AvgIpc) is 3.28. The molecule has 2 bridgehead atoms. The van der Waals surface area contributed by atoms with E-state index in [2.05, 4.69) is 10.6 Å². The molecule has 0 spiro atoms. The lowest BCUT2D eigenvalue weighted by Gasteiger charge is -2.48. The van der Waals surface area contributed by atoms with Gasteiger partial charge in [0.05, 0.1) is 85.6 Å². The van der Waals surface area contributed by atoms with Crippen molar-refractivity contribution in [1.82, 2.24) is 10.6 Å². The number of carbonyl (C=O) groups is 2. The lowest BCUT2D eigenvalue weighted by atomic mass is 9.86. The molecule has 2 saturated heterocycles. The van der Waals surface area contributed by atoms with E-state index in [0.717, 1.165) is 0 Å². The molecule has 19 heteroatoms. The Bertz CT molecular complexity index is 1730. The van der Waals surface area contributed by atoms with Gasteiger partial charge in [-0.05, 0) is 33.1 Å². The van der Waals surface area contributed by atoms with E-state index in [1.54, 1.807) is 63.3 Å². The molecule has 3 aliphatic heterocycles. The number of aliphatic hydroxyl groups excluding tert-OH is 9. The second kappa shape index (κ2) is 29.5. The van der Waals surface area contributed by atoms with Crippen molar-refractivity contribution in [2.45, 2.75) is 183 Å². The summed E-state index contributed by atoms with van der Waals surface area (Å²) >= 11 is 0. The Morgan fingerprint density at radius 1 is 0.691 bits per heavy atom. The van der Waals surface area contributed by atoms with Gasteiger partial charge in [0.2, 0.25) is 0 Å². The SMILES string of the molecule is CNC(=O)N[C@H]1[C@@H]2C[C@@H](OC3OC(C)C(O)C(N)C3O)/C=C/C=C/C=C/C=C/C=C/C=C/C=C/[C@H](C)[C@@H](O)[C@@H](C)[C@H](C)OC(=O)C[C@H](O)C[C@H](O)CC[C@@H](O)[C@H](O)C[C@H](O)C[C@](OC)(C[C@@H]1O)O2. The number of urea groups is 1. The number of esters is 1. The first-order valence-corrected chi connectivity index (χ1v) is 23.5. The molecule has 386 valence electrons. The Morgan fingerprint density at radius 3 is 1.87 bits per heavy atom. The summed E-state index contributed by atoms with van der Waals surface area (Å²) < 4.78 is 29.9. The largest absolute Gasteiger partial charge is 0.462 e. The number of amides is 2. The molecule has 13 N–H and O–H groups in total. The topological polar surface area (TPSA) is 312 Å². The number of aliphatic hydroxyl groups is 9. The number of ether oxygens (including phenoxy) is 5. The van der Waals surface area contributed by atoms with Crippen LogP contribution < -0.4 is 16.4 Å². The number of rotatable bonds is 4. The van der Waals surface area contributed by atoms with E-state index in [9.17, 15) is 55.5 Å². The Labute approximate surface area is 400 Å². The minimum atomic E-state index is -1.69. The predicted octanol–water partition coefficient (Wildman–Crippen LogP) is 0.963. The molecule has 0 radical (unpaired) electrons. The molecular formula is C49H79N3O16. The first-order valence-electron chi connectivity index (χ1n) is 23.5. The number of hydrogen-bond donors (Lipinski definition) is 12. The third-order valence-electron chi connectivity index (χ3n) is 12.6. The number of hydrogen-bond acceptors (Lipinski definition) is 17. The van der Waals surface area contributed by atoms with Crippen LogP contribution in [0.5, 0.6) is 0 Å². The van der Waals surface area contributed by atoms with Crippen molar-refractivity contribution in [1.29, 1.82) is 0 Å². The monoisotopic (exact) mass is 966 g/mol. The Hall–Kier alpha value is -3.64. The lowest BCUT2D eigenvalue weighted by molar-refractivity contribution is -0.311. The quantitative estimate of drug-likeness (QED) is 0.175. The number of allylic oxidation sites excluding steroid dienone is 12. The van der Waals surface area contributed by atoms with Crippen LogP contribution in [-0.4, -0.2) is 176 Å². The van der Waals surface area contributed by atoms with Gasteiger partial charge < -0.3 is 86.0 Å². The van der Waals surface area contributed by atoms with E-state index < -0.39 is 128 Å². The van der Waals surface area contributed by atoms with Gasteiger partial charge in [-0.2, -0.15) is 0 Å². The van der Waals surface area contributed by atoms with Crippen LogP contribution in [0.3, 0.4) is 0 Å². The van der Waals surface area contributed by atoms with E-state index >= 15 is 0 Å². The normalized spacial score (nSPS) is 43.9. The zero-order chi connectivity index (χ0) is 50.6. The standard InChI is InChI=1S/C49H79N3O16/c1-29-19-17-15-13-11-9-7-8-10-12-14-16-18-20-36(67-47-46(62)42(50)45(61)32(4)66-47)26-40-43(52-48(63)51-5)39(58)28-49(64-6,68-40)27-35(55)24-38(57)37(56)22-21-33(53)23-34(54)25-41(59)65-31(3)30(2)44(29)60/h7-20,29-40,42-47,53-58,60-62H,21-28,50H2,1-6H3,(H2,51,52,63)/b8-7+,11-9+,12-10+,15-13+,16-14+,19-17+,20-18+/t29-,30-,31-,32?,33+,34+,35-,36-,37+,38+,39-,40-,42?,43+,44+,45?,46?,47?,49+/m0/s1. The summed E-state index contributed by atoms with van der Waals surface area (Å²) in [4.78, 5) is 25.3. The highest BCUT2D eigenvalue weighted by Gasteiger charge is 2.50. The zero-order valence-corrected chi connectivity index (χ0v) is 40.1. The van der Waals surface area contributed by atoms with Crippen molar-refractivity contribution < 1.29 is 79.2 Å². The highest BCUT2D eigenvalue weighted by atomic mass is 16.7. The summed E-state index contributed by atoms with van der Waals surface area (Å²) in [7, 11) is 2.71. The Kier molecular flexibility index (Phi) is 25.5. The maximum Gasteiger partial charge on any atom is 0.314 e. The first-order chi connectivity index (χ1) is 32.2. The lowest BCUT2D eigenvalue weighted by Crippen LogP contribution is -2.64. The van der Waals surface area contributed by atoms with Crippen molar-refractivity contribution in [2.24, 2.45) is 17.6 Å². The van der Waals surface area contributed by atoms with Crippen LogP contribution >= 0.6 is 0 Å². The molecule has 3 heterocycles. The van der Waals surface area contributed by atoms with Crippen LogP contribution in [0.1, 0.15) is 79.1 Å². The smallest absolute Gasteiger partial charge is 0.314 e. The van der Waals surface area contributed by atoms with Crippen LogP contribution in [0, 0.1) is 11.8 Å². The first kappa shape index (κ1) is 58.7. The Balaban J connectivity index is 1.92. The molecule has 68 heavy (non-hydrogen) atoms. The Morgan fingerprint density at radius 2 is 1.28 bits per heavy atom. The second-order valence-electron chi connectivity index (χ2n) is 18.1. The van der Waals surface area contributed by atoms with Crippen LogP contribution in [0.15, 0.2) is 85.1 Å². The van der Waals surface area contributed by atoms with Crippen molar-refractivity contribution in [3.05, 3.63) is 85.1 Å². The fraction of sp³-hybridized carbons (Fsp3) is 0.673. The van der Waals surface area contributed by atoms with Crippen LogP contribution in [-0.2, 0) is 28.5 Å². The van der Waals surface area contributed by atoms with Crippen molar-refractivity contribution in [2.75, 3.05) is 14.2 Å². The number of methoxy groups -OCH3 is 1. The third kappa shape index (κ3) is 19.3. The third-order valence-corrected chi connectivity index (χ3v) is 12.6. The van der Waals surface area contributed by atoms with Gasteiger partial charge in [0.1, 0.15) is 12.2 Å². The van der Waals surface area contributed by atoms with E-state index in [1.807, 2.05) is 49.5 Å². The maximum absolute atomic E-state index is 12.7. The number of nitrogens with one attached hydrogen (secondary N) is 2. The van der Waals surface area contributed by atoms with Gasteiger partial charge in [0.15, 0.2) is 12.1 Å². The van der Waals surface area contributed by atoms with Crippen molar-refractivity contribution >= 4 is 12.0 Å². The predicted molar refractivity (Wildman–Crippen MR) is 252 cm³/mol. The molecule has 0 aromatic rings. The molecule has 2 amide bonds. The number of carbonyl (C=O) groups excluding carboxylic acids is 2. The van der Waals surface area contributed by atoms with Gasteiger partial charge in [-0.3, -0.25) is 4.79 Å². The van der Waals surface area contributed by atoms with Crippen LogP contribution in [0.25, 0.3) is 0 Å². The van der Waals surface area contributed by atoms with Gasteiger partial charge in [0, 0.05) is 51.7 Å². The average molecular weight is 966 g/mol. The van der Waals surface area contributed by atoms with Gasteiger partial charge in [-0.1, -0.05) is 98.9 Å². The molecule has 19 atom stereocenters. The summed E-state index contributed by atoms with van der Waals surface area (Å²) in [6, 6.07) is -2.78. The van der Waals surface area contributed by atoms with Gasteiger partial charge in [-0.25, -0.2) is 4.79 Å². The molecule has 0 aromatic heterocycles. The highest BCUT2D eigenvalue weighted by Crippen LogP contribution is 2.37. The van der Waals surface area contributed by atoms with E-state index in [-0.39, 0.29) is 50.9 Å². The van der Waals surface area contributed by atoms with Gasteiger partial charge in [-0.15, -0.1) is 0 Å². The van der Waals surface area contributed by atoms with Gasteiger partial charge >= 0.3 is 12.0 Å². The molecule has 3 rings (SSSR count). The summed E-state index contributed by atoms with van der Waals surface area (Å²) in [5.74, 6) is -3.12. The highest BCUT2D eigenvalue weighted by molar-refractivity contribution is 5.74. The molecule has 3 aliphatic rings. The van der Waals surface area contributed by atoms with E-state index in [1.165, 1.54) is 14.2 Å². The van der Waals surface area contributed by atoms with Gasteiger partial charge in [0.25, 0.3) is 0 Å². The zero-order valence-electron chi connectivity index (χ0n) is 40.1. The maximum atomic E-state index is 12.7. The molecule has 0 aliphatic carbocycles. The number of cyclic esters (lactones) is 1. The summed E-state index contributed by atoms with van der Waals surface area (Å²) in [5.41, 5.74) is 6.11. The van der Waals surface area contributed by atoms with Crippen LogP contribution in [0.2, 0.25) is 0 Å². The summed E-state index contributed by atoms with van der Waals surface area (Å²) in [6.07, 6.45) is 6.86. The molecule has 2 fully saturated rings. The van der Waals surface area contributed by atoms with Crippen molar-refractivity contribution in [3.63, 3.8) is 0 Å². The minimum Gasteiger partial charge on any atom is -0.462 e. The van der Waals surface area contributed by atoms with E-state index in [4.69, 9.17) is 29.4 Å². The summed E-state index contributed by atoms with van der Waals surface area (Å²) in [5, 5.41) is 103. The van der Waals surface area contributed by atoms with E-state index in [0.29, 0.717) is 0 Å². The minimum absolute atomic E-state index is 0.0642. The fourth-order valence-corrected chi connectivity index (χ4v) is 8.25. The number of fused-ring (bicyclic) bond motifs is 2. The molecule has 0 aromatic carbocycles. The summed E-state index contributed by atoms with van der Waals surface area (Å²) in [6.45, 7) is 6.84. The molecular weight excluding hydrogens is 887 g/mol. The van der Waals surface area contributed by atoms with Crippen LogP contribution in [0.4, 0.5) is 4.79 Å². The molecule has 5 unspecified atom stereocenters. The second-order valence-corrected chi connectivity index (χ2v) is 18.1. The fourth-order valence-electron chi connectivity index (χ4n) is 8.25. The molecule has 19 nitrogen and oxygen atoms in total.